The van der Waals surface area contributed by atoms with E-state index in [-0.39, 0.29) is 18.6 Å². The number of nitrogens with one attached hydrogen (secondary N) is 1. The van der Waals surface area contributed by atoms with Gasteiger partial charge in [-0.05, 0) is 12.0 Å². The van der Waals surface area contributed by atoms with Gasteiger partial charge in [-0.25, -0.2) is 5.48 Å². The molecule has 1 amide bonds. The van der Waals surface area contributed by atoms with Gasteiger partial charge in [0.15, 0.2) is 0 Å². The summed E-state index contributed by atoms with van der Waals surface area (Å²) in [6, 6.07) is 9.64. The van der Waals surface area contributed by atoms with E-state index in [4.69, 9.17) is 4.84 Å². The van der Waals surface area contributed by atoms with Gasteiger partial charge in [-0.2, -0.15) is 0 Å². The number of likely N-dealkylation sites (tertiary alicyclic amines) is 1. The summed E-state index contributed by atoms with van der Waals surface area (Å²) in [5.41, 5.74) is 3.42. The summed E-state index contributed by atoms with van der Waals surface area (Å²) in [6.45, 7) is 1.94. The van der Waals surface area contributed by atoms with Crippen LogP contribution in [0.2, 0.25) is 0 Å². The van der Waals surface area contributed by atoms with Crippen LogP contribution in [0.1, 0.15) is 12.0 Å². The highest BCUT2D eigenvalue weighted by atomic mass is 16.6. The van der Waals surface area contributed by atoms with E-state index in [1.54, 1.807) is 0 Å². The van der Waals surface area contributed by atoms with E-state index in [9.17, 15) is 9.90 Å². The van der Waals surface area contributed by atoms with E-state index in [2.05, 4.69) is 5.48 Å². The highest BCUT2D eigenvalue weighted by Gasteiger charge is 2.21. The van der Waals surface area contributed by atoms with Crippen molar-refractivity contribution < 1.29 is 14.7 Å². The minimum atomic E-state index is -0.303. The Labute approximate surface area is 106 Å². The highest BCUT2D eigenvalue weighted by Crippen LogP contribution is 2.07. The van der Waals surface area contributed by atoms with Crippen molar-refractivity contribution in [2.45, 2.75) is 19.1 Å². The Hall–Kier alpha value is -1.43. The van der Waals surface area contributed by atoms with Crippen LogP contribution in [0.4, 0.5) is 0 Å². The number of aliphatic hydroxyl groups is 1. The number of carbonyl (C=O) groups is 1. The SMILES string of the molecule is O=C(CN1CC[C@H](O)C1)NOCc1ccccc1. The number of aliphatic hydroxyl groups excluding tert-OH is 1. The predicted molar refractivity (Wildman–Crippen MR) is 66.4 cm³/mol. The molecule has 5 nitrogen and oxygen atoms in total. The first-order chi connectivity index (χ1) is 8.74. The average molecular weight is 250 g/mol. The summed E-state index contributed by atoms with van der Waals surface area (Å²) >= 11 is 0. The van der Waals surface area contributed by atoms with Crippen molar-refractivity contribution in [3.63, 3.8) is 0 Å². The van der Waals surface area contributed by atoms with Crippen LogP contribution in [-0.2, 0) is 16.2 Å². The summed E-state index contributed by atoms with van der Waals surface area (Å²) < 4.78 is 0. The fourth-order valence-electron chi connectivity index (χ4n) is 1.97. The predicted octanol–water partition coefficient (Wildman–Crippen LogP) is 0.301. The number of hydroxylamine groups is 1. The van der Waals surface area contributed by atoms with Crippen LogP contribution in [0.15, 0.2) is 30.3 Å². The zero-order valence-electron chi connectivity index (χ0n) is 10.2. The van der Waals surface area contributed by atoms with Crippen LogP contribution in [0.3, 0.4) is 0 Å². The van der Waals surface area contributed by atoms with Crippen molar-refractivity contribution in [1.82, 2.24) is 10.4 Å². The number of amides is 1. The molecule has 1 saturated heterocycles. The Morgan fingerprint density at radius 3 is 2.89 bits per heavy atom. The van der Waals surface area contributed by atoms with Gasteiger partial charge in [0, 0.05) is 13.1 Å². The second kappa shape index (κ2) is 6.49. The first-order valence-electron chi connectivity index (χ1n) is 6.09. The van der Waals surface area contributed by atoms with Gasteiger partial charge in [-0.3, -0.25) is 14.5 Å². The molecule has 98 valence electrons. The molecule has 1 aromatic carbocycles. The number of nitrogens with zero attached hydrogens (tertiary/aromatic N) is 1. The van der Waals surface area contributed by atoms with Gasteiger partial charge < -0.3 is 5.11 Å². The molecule has 1 fully saturated rings. The molecule has 18 heavy (non-hydrogen) atoms. The number of hydrogen-bond acceptors (Lipinski definition) is 4. The van der Waals surface area contributed by atoms with Gasteiger partial charge in [-0.15, -0.1) is 0 Å². The normalized spacial score (nSPS) is 19.9. The molecule has 0 aliphatic carbocycles. The van der Waals surface area contributed by atoms with E-state index in [0.717, 1.165) is 18.5 Å². The minimum absolute atomic E-state index is 0.181. The lowest BCUT2D eigenvalue weighted by Gasteiger charge is -2.14. The standard InChI is InChI=1S/C13H18N2O3/c16-12-6-7-15(8-12)9-13(17)14-18-10-11-4-2-1-3-5-11/h1-5,12,16H,6-10H2,(H,14,17)/t12-/m0/s1. The number of benzene rings is 1. The maximum atomic E-state index is 11.5. The molecule has 2 N–H and O–H groups in total. The molecular weight excluding hydrogens is 232 g/mol. The lowest BCUT2D eigenvalue weighted by molar-refractivity contribution is -0.135. The Kier molecular flexibility index (Phi) is 4.69. The molecular formula is C13H18N2O3. The topological polar surface area (TPSA) is 61.8 Å². The van der Waals surface area contributed by atoms with Crippen molar-refractivity contribution in [1.29, 1.82) is 0 Å². The maximum absolute atomic E-state index is 11.5. The number of rotatable bonds is 5. The molecule has 1 aliphatic rings. The second-order valence-electron chi connectivity index (χ2n) is 4.48. The Morgan fingerprint density at radius 1 is 1.44 bits per heavy atom. The lowest BCUT2D eigenvalue weighted by Crippen LogP contribution is -2.36. The monoisotopic (exact) mass is 250 g/mol. The van der Waals surface area contributed by atoms with E-state index in [0.29, 0.717) is 13.2 Å². The Morgan fingerprint density at radius 2 is 2.22 bits per heavy atom. The molecule has 0 unspecified atom stereocenters. The number of β-amino-alcohol motifs (C(OH)–C–C–N with tert-alkyl or cyclic N) is 1. The molecule has 1 aromatic rings. The van der Waals surface area contributed by atoms with Gasteiger partial charge in [0.2, 0.25) is 0 Å². The van der Waals surface area contributed by atoms with Crippen molar-refractivity contribution in [3.05, 3.63) is 35.9 Å². The van der Waals surface area contributed by atoms with Crippen LogP contribution < -0.4 is 5.48 Å². The van der Waals surface area contributed by atoms with Crippen LogP contribution in [0.25, 0.3) is 0 Å². The Balaban J connectivity index is 1.63. The largest absolute Gasteiger partial charge is 0.392 e. The van der Waals surface area contributed by atoms with E-state index >= 15 is 0 Å². The first-order valence-corrected chi connectivity index (χ1v) is 6.09. The van der Waals surface area contributed by atoms with Crippen molar-refractivity contribution in [3.8, 4) is 0 Å². The first kappa shape index (κ1) is 13.0. The molecule has 1 atom stereocenters. The molecule has 0 saturated carbocycles. The lowest BCUT2D eigenvalue weighted by atomic mass is 10.2. The molecule has 5 heteroatoms. The summed E-state index contributed by atoms with van der Waals surface area (Å²) in [5.74, 6) is -0.181. The zero-order valence-corrected chi connectivity index (χ0v) is 10.2. The molecule has 0 spiro atoms. The summed E-state index contributed by atoms with van der Waals surface area (Å²) in [4.78, 5) is 18.6. The smallest absolute Gasteiger partial charge is 0.257 e. The minimum Gasteiger partial charge on any atom is -0.392 e. The number of hydrogen-bond donors (Lipinski definition) is 2. The van der Waals surface area contributed by atoms with E-state index in [1.165, 1.54) is 0 Å². The van der Waals surface area contributed by atoms with Crippen LogP contribution in [-0.4, -0.2) is 41.7 Å². The third-order valence-corrected chi connectivity index (χ3v) is 2.88. The van der Waals surface area contributed by atoms with Gasteiger partial charge in [0.05, 0.1) is 19.3 Å². The van der Waals surface area contributed by atoms with Crippen LogP contribution in [0, 0.1) is 0 Å². The third kappa shape index (κ3) is 4.10. The van der Waals surface area contributed by atoms with Crippen molar-refractivity contribution in [2.75, 3.05) is 19.6 Å². The van der Waals surface area contributed by atoms with E-state index in [1.807, 2.05) is 35.2 Å². The quantitative estimate of drug-likeness (QED) is 0.738. The van der Waals surface area contributed by atoms with Crippen LogP contribution in [0.5, 0.6) is 0 Å². The van der Waals surface area contributed by atoms with Crippen molar-refractivity contribution >= 4 is 5.91 Å². The number of carbonyl (C=O) groups excluding carboxylic acids is 1. The molecule has 0 aromatic heterocycles. The summed E-state index contributed by atoms with van der Waals surface area (Å²) in [5, 5.41) is 9.33. The maximum Gasteiger partial charge on any atom is 0.257 e. The Bertz CT molecular complexity index is 383. The molecule has 0 radical (unpaired) electrons. The average Bonchev–Trinajstić information content (AvgIpc) is 2.76. The van der Waals surface area contributed by atoms with E-state index < -0.39 is 0 Å². The third-order valence-electron chi connectivity index (χ3n) is 2.88. The van der Waals surface area contributed by atoms with Gasteiger partial charge in [-0.1, -0.05) is 30.3 Å². The van der Waals surface area contributed by atoms with Crippen molar-refractivity contribution in [2.24, 2.45) is 0 Å². The van der Waals surface area contributed by atoms with Gasteiger partial charge in [0.1, 0.15) is 0 Å². The van der Waals surface area contributed by atoms with Crippen LogP contribution >= 0.6 is 0 Å². The summed E-state index contributed by atoms with van der Waals surface area (Å²) in [6.07, 6.45) is 0.432. The second-order valence-corrected chi connectivity index (χ2v) is 4.48. The fourth-order valence-corrected chi connectivity index (χ4v) is 1.97. The highest BCUT2D eigenvalue weighted by molar-refractivity contribution is 5.76. The summed E-state index contributed by atoms with van der Waals surface area (Å²) in [7, 11) is 0. The molecule has 1 heterocycles. The fraction of sp³-hybridized carbons (Fsp3) is 0.462. The molecule has 1 aliphatic heterocycles. The van der Waals surface area contributed by atoms with Gasteiger partial charge in [0.25, 0.3) is 5.91 Å². The molecule has 0 bridgehead atoms. The molecule has 2 rings (SSSR count). The van der Waals surface area contributed by atoms with Gasteiger partial charge >= 0.3 is 0 Å². The zero-order chi connectivity index (χ0) is 12.8.